The van der Waals surface area contributed by atoms with Gasteiger partial charge in [-0.15, -0.1) is 0 Å². The van der Waals surface area contributed by atoms with Crippen LogP contribution in [0.25, 0.3) is 0 Å². The molecule has 0 saturated heterocycles. The van der Waals surface area contributed by atoms with Crippen molar-refractivity contribution in [3.63, 3.8) is 0 Å². The summed E-state index contributed by atoms with van der Waals surface area (Å²) in [6.45, 7) is 4.39. The maximum atomic E-state index is 5.45. The second-order valence-corrected chi connectivity index (χ2v) is 5.72. The van der Waals surface area contributed by atoms with Crippen molar-refractivity contribution in [2.45, 2.75) is 32.4 Å². The van der Waals surface area contributed by atoms with Gasteiger partial charge in [0.1, 0.15) is 5.75 Å². The van der Waals surface area contributed by atoms with Crippen LogP contribution >= 0.6 is 0 Å². The zero-order valence-corrected chi connectivity index (χ0v) is 12.8. The molecule has 0 aromatic heterocycles. The highest BCUT2D eigenvalue weighted by Gasteiger charge is 2.25. The maximum absolute atomic E-state index is 5.45. The SMILES string of the molecule is COc1ccccc1N[C@@H]1C[C@H](C)Nc2c(C)cccc21. The first-order valence-electron chi connectivity index (χ1n) is 7.44. The monoisotopic (exact) mass is 282 g/mol. The Kier molecular flexibility index (Phi) is 3.74. The summed E-state index contributed by atoms with van der Waals surface area (Å²) in [6.07, 6.45) is 1.05. The van der Waals surface area contributed by atoms with Crippen LogP contribution in [0.2, 0.25) is 0 Å². The lowest BCUT2D eigenvalue weighted by Crippen LogP contribution is -2.29. The molecule has 2 aromatic rings. The van der Waals surface area contributed by atoms with Crippen molar-refractivity contribution in [2.24, 2.45) is 0 Å². The summed E-state index contributed by atoms with van der Waals surface area (Å²) in [4.78, 5) is 0. The van der Waals surface area contributed by atoms with Gasteiger partial charge in [0, 0.05) is 11.7 Å². The molecule has 3 rings (SSSR count). The lowest BCUT2D eigenvalue weighted by molar-refractivity contribution is 0.415. The summed E-state index contributed by atoms with van der Waals surface area (Å²) < 4.78 is 5.45. The van der Waals surface area contributed by atoms with Crippen molar-refractivity contribution in [1.29, 1.82) is 0 Å². The zero-order chi connectivity index (χ0) is 14.8. The highest BCUT2D eigenvalue weighted by molar-refractivity contribution is 5.64. The van der Waals surface area contributed by atoms with Crippen LogP contribution in [0.4, 0.5) is 11.4 Å². The molecule has 0 unspecified atom stereocenters. The molecule has 3 nitrogen and oxygen atoms in total. The van der Waals surface area contributed by atoms with Crippen LogP contribution in [0.15, 0.2) is 42.5 Å². The summed E-state index contributed by atoms with van der Waals surface area (Å²) in [5, 5.41) is 7.25. The van der Waals surface area contributed by atoms with Crippen LogP contribution in [-0.4, -0.2) is 13.2 Å². The lowest BCUT2D eigenvalue weighted by Gasteiger charge is -2.33. The number of nitrogens with one attached hydrogen (secondary N) is 2. The van der Waals surface area contributed by atoms with Gasteiger partial charge in [-0.05, 0) is 43.5 Å². The fourth-order valence-electron chi connectivity index (χ4n) is 3.05. The Morgan fingerprint density at radius 3 is 2.76 bits per heavy atom. The molecule has 3 heteroatoms. The number of anilines is 2. The molecule has 0 saturated carbocycles. The third kappa shape index (κ3) is 2.68. The number of hydrogen-bond acceptors (Lipinski definition) is 3. The average Bonchev–Trinajstić information content (AvgIpc) is 2.49. The number of rotatable bonds is 3. The van der Waals surface area contributed by atoms with Crippen LogP contribution in [0.3, 0.4) is 0 Å². The normalized spacial score (nSPS) is 20.3. The molecular weight excluding hydrogens is 260 g/mol. The number of methoxy groups -OCH3 is 1. The molecule has 2 aromatic carbocycles. The molecular formula is C18H22N2O. The summed E-state index contributed by atoms with van der Waals surface area (Å²) in [5.74, 6) is 0.887. The first kappa shape index (κ1) is 13.8. The molecule has 1 aliphatic heterocycles. The van der Waals surface area contributed by atoms with Crippen molar-refractivity contribution < 1.29 is 4.74 Å². The Morgan fingerprint density at radius 2 is 1.95 bits per heavy atom. The van der Waals surface area contributed by atoms with E-state index in [9.17, 15) is 0 Å². The number of benzene rings is 2. The van der Waals surface area contributed by atoms with E-state index in [2.05, 4.69) is 48.7 Å². The Bertz CT molecular complexity index is 639. The second-order valence-electron chi connectivity index (χ2n) is 5.72. The molecule has 110 valence electrons. The molecule has 0 amide bonds. The second kappa shape index (κ2) is 5.68. The predicted octanol–water partition coefficient (Wildman–Crippen LogP) is 4.36. The molecule has 21 heavy (non-hydrogen) atoms. The number of fused-ring (bicyclic) bond motifs is 1. The van der Waals surface area contributed by atoms with Gasteiger partial charge in [0.05, 0.1) is 18.8 Å². The van der Waals surface area contributed by atoms with Gasteiger partial charge in [-0.25, -0.2) is 0 Å². The molecule has 2 N–H and O–H groups in total. The van der Waals surface area contributed by atoms with E-state index in [1.165, 1.54) is 16.8 Å². The van der Waals surface area contributed by atoms with E-state index in [-0.39, 0.29) is 0 Å². The predicted molar refractivity (Wildman–Crippen MR) is 88.2 cm³/mol. The van der Waals surface area contributed by atoms with Crippen LogP contribution < -0.4 is 15.4 Å². The molecule has 0 radical (unpaired) electrons. The number of para-hydroxylation sites is 3. The Balaban J connectivity index is 1.95. The van der Waals surface area contributed by atoms with Crippen molar-refractivity contribution in [2.75, 3.05) is 17.7 Å². The van der Waals surface area contributed by atoms with Crippen LogP contribution in [0.1, 0.15) is 30.5 Å². The van der Waals surface area contributed by atoms with E-state index in [1.807, 2.05) is 18.2 Å². The van der Waals surface area contributed by atoms with Gasteiger partial charge in [-0.2, -0.15) is 0 Å². The number of ether oxygens (including phenoxy) is 1. The Labute approximate surface area is 126 Å². The molecule has 1 aliphatic rings. The number of aryl methyl sites for hydroxylation is 1. The van der Waals surface area contributed by atoms with Crippen molar-refractivity contribution >= 4 is 11.4 Å². The Morgan fingerprint density at radius 1 is 1.14 bits per heavy atom. The fourth-order valence-corrected chi connectivity index (χ4v) is 3.05. The maximum Gasteiger partial charge on any atom is 0.141 e. The minimum Gasteiger partial charge on any atom is -0.495 e. The van der Waals surface area contributed by atoms with E-state index in [4.69, 9.17) is 4.74 Å². The highest BCUT2D eigenvalue weighted by Crippen LogP contribution is 2.38. The molecule has 0 aliphatic carbocycles. The van der Waals surface area contributed by atoms with Crippen LogP contribution in [0.5, 0.6) is 5.75 Å². The van der Waals surface area contributed by atoms with E-state index >= 15 is 0 Å². The third-order valence-electron chi connectivity index (χ3n) is 4.10. The van der Waals surface area contributed by atoms with Gasteiger partial charge in [-0.3, -0.25) is 0 Å². The third-order valence-corrected chi connectivity index (χ3v) is 4.10. The van der Waals surface area contributed by atoms with Gasteiger partial charge in [0.2, 0.25) is 0 Å². The molecule has 0 spiro atoms. The number of hydrogen-bond donors (Lipinski definition) is 2. The van der Waals surface area contributed by atoms with E-state index < -0.39 is 0 Å². The van der Waals surface area contributed by atoms with Gasteiger partial charge in [-0.1, -0.05) is 30.3 Å². The minimum absolute atomic E-state index is 0.299. The lowest BCUT2D eigenvalue weighted by atomic mass is 9.91. The smallest absolute Gasteiger partial charge is 0.141 e. The van der Waals surface area contributed by atoms with Crippen LogP contribution in [0, 0.1) is 6.92 Å². The van der Waals surface area contributed by atoms with Gasteiger partial charge in [0.25, 0.3) is 0 Å². The fraction of sp³-hybridized carbons (Fsp3) is 0.333. The minimum atomic E-state index is 0.299. The van der Waals surface area contributed by atoms with Gasteiger partial charge in [0.15, 0.2) is 0 Å². The average molecular weight is 282 g/mol. The van der Waals surface area contributed by atoms with Crippen molar-refractivity contribution in [3.8, 4) is 5.75 Å². The quantitative estimate of drug-likeness (QED) is 0.877. The molecule has 1 heterocycles. The summed E-state index contributed by atoms with van der Waals surface area (Å²) in [5.41, 5.74) is 4.94. The summed E-state index contributed by atoms with van der Waals surface area (Å²) >= 11 is 0. The van der Waals surface area contributed by atoms with Gasteiger partial charge >= 0.3 is 0 Å². The first-order chi connectivity index (χ1) is 10.2. The van der Waals surface area contributed by atoms with E-state index in [1.54, 1.807) is 7.11 Å². The Hall–Kier alpha value is -2.16. The van der Waals surface area contributed by atoms with Crippen molar-refractivity contribution in [1.82, 2.24) is 0 Å². The zero-order valence-electron chi connectivity index (χ0n) is 12.8. The van der Waals surface area contributed by atoms with Crippen LogP contribution in [-0.2, 0) is 0 Å². The van der Waals surface area contributed by atoms with E-state index in [0.29, 0.717) is 12.1 Å². The molecule has 0 fully saturated rings. The largest absolute Gasteiger partial charge is 0.495 e. The standard InChI is InChI=1S/C18H22N2O/c1-12-7-6-8-14-16(11-13(2)19-18(12)14)20-15-9-4-5-10-17(15)21-3/h4-10,13,16,19-20H,11H2,1-3H3/t13-,16+/m0/s1. The van der Waals surface area contributed by atoms with Crippen molar-refractivity contribution in [3.05, 3.63) is 53.6 Å². The van der Waals surface area contributed by atoms with E-state index in [0.717, 1.165) is 17.9 Å². The molecule has 2 atom stereocenters. The molecule has 0 bridgehead atoms. The first-order valence-corrected chi connectivity index (χ1v) is 7.44. The highest BCUT2D eigenvalue weighted by atomic mass is 16.5. The summed E-state index contributed by atoms with van der Waals surface area (Å²) in [7, 11) is 1.71. The summed E-state index contributed by atoms with van der Waals surface area (Å²) in [6, 6.07) is 15.3. The topological polar surface area (TPSA) is 33.3 Å². The van der Waals surface area contributed by atoms with Gasteiger partial charge < -0.3 is 15.4 Å².